The number of carbonyl (C=O) groups is 1. The normalized spacial score (nSPS) is 16.5. The molecule has 0 spiro atoms. The molecule has 1 saturated heterocycles. The molecule has 1 aromatic rings. The lowest BCUT2D eigenvalue weighted by molar-refractivity contribution is -0.151. The fraction of sp³-hybridized carbons (Fsp3) is 0.667. The van der Waals surface area contributed by atoms with Gasteiger partial charge in [0.25, 0.3) is 5.56 Å². The Morgan fingerprint density at radius 1 is 1.21 bits per heavy atom. The van der Waals surface area contributed by atoms with Crippen LogP contribution in [-0.4, -0.2) is 64.6 Å². The summed E-state index contributed by atoms with van der Waals surface area (Å²) >= 11 is 0. The molecule has 1 aromatic heterocycles. The van der Waals surface area contributed by atoms with E-state index < -0.39 is 12.7 Å². The van der Waals surface area contributed by atoms with E-state index in [1.807, 2.05) is 0 Å². The van der Waals surface area contributed by atoms with Gasteiger partial charge >= 0.3 is 6.18 Å². The van der Waals surface area contributed by atoms with Crippen molar-refractivity contribution in [2.24, 2.45) is 0 Å². The summed E-state index contributed by atoms with van der Waals surface area (Å²) in [7, 11) is 0. The summed E-state index contributed by atoms with van der Waals surface area (Å²) in [6.45, 7) is 3.42. The maximum absolute atomic E-state index is 12.3. The maximum Gasteiger partial charge on any atom is 0.401 e. The molecule has 0 saturated carbocycles. The third kappa shape index (κ3) is 5.05. The number of piperazine rings is 1. The van der Waals surface area contributed by atoms with Crippen molar-refractivity contribution in [3.05, 3.63) is 27.4 Å². The van der Waals surface area contributed by atoms with Gasteiger partial charge in [0.05, 0.1) is 6.54 Å². The Kier molecular flexibility index (Phi) is 5.63. The highest BCUT2D eigenvalue weighted by Crippen LogP contribution is 2.17. The van der Waals surface area contributed by atoms with E-state index in [2.05, 4.69) is 9.97 Å². The fourth-order valence-corrected chi connectivity index (χ4v) is 2.84. The van der Waals surface area contributed by atoms with Gasteiger partial charge in [-0.15, -0.1) is 0 Å². The van der Waals surface area contributed by atoms with Crippen molar-refractivity contribution >= 4 is 5.91 Å². The van der Waals surface area contributed by atoms with E-state index in [4.69, 9.17) is 0 Å². The van der Waals surface area contributed by atoms with Gasteiger partial charge in [-0.05, 0) is 20.3 Å². The third-order valence-electron chi connectivity index (χ3n) is 4.06. The highest BCUT2D eigenvalue weighted by atomic mass is 19.4. The average molecular weight is 346 g/mol. The first-order chi connectivity index (χ1) is 11.2. The lowest BCUT2D eigenvalue weighted by Crippen LogP contribution is -2.51. The summed E-state index contributed by atoms with van der Waals surface area (Å²) in [6, 6.07) is 0. The topological polar surface area (TPSA) is 69.3 Å². The van der Waals surface area contributed by atoms with Crippen LogP contribution in [0.15, 0.2) is 4.79 Å². The number of nitrogens with one attached hydrogen (secondary N) is 1. The van der Waals surface area contributed by atoms with Crippen molar-refractivity contribution < 1.29 is 18.0 Å². The Hall–Kier alpha value is -1.90. The molecule has 0 unspecified atom stereocenters. The number of amides is 1. The largest absolute Gasteiger partial charge is 0.401 e. The SMILES string of the molecule is Cc1nc(C)c(CCC(=O)N2CCN(CC(F)(F)F)CC2)c(=O)[nH]1. The minimum Gasteiger partial charge on any atom is -0.340 e. The first kappa shape index (κ1) is 18.4. The monoisotopic (exact) mass is 346 g/mol. The van der Waals surface area contributed by atoms with Crippen LogP contribution in [0.5, 0.6) is 0 Å². The Morgan fingerprint density at radius 3 is 2.38 bits per heavy atom. The molecule has 24 heavy (non-hydrogen) atoms. The van der Waals surface area contributed by atoms with Crippen LogP contribution in [0.25, 0.3) is 0 Å². The zero-order valence-corrected chi connectivity index (χ0v) is 13.7. The highest BCUT2D eigenvalue weighted by Gasteiger charge is 2.32. The molecule has 1 amide bonds. The number of aromatic nitrogens is 2. The molecule has 6 nitrogen and oxygen atoms in total. The molecule has 0 radical (unpaired) electrons. The summed E-state index contributed by atoms with van der Waals surface area (Å²) in [5.74, 6) is 0.370. The number of hydrogen-bond donors (Lipinski definition) is 1. The second-order valence-electron chi connectivity index (χ2n) is 5.99. The molecule has 0 aliphatic carbocycles. The minimum absolute atomic E-state index is 0.147. The van der Waals surface area contributed by atoms with E-state index in [1.165, 1.54) is 4.90 Å². The first-order valence-corrected chi connectivity index (χ1v) is 7.79. The van der Waals surface area contributed by atoms with Crippen molar-refractivity contribution in [2.45, 2.75) is 32.9 Å². The predicted molar refractivity (Wildman–Crippen MR) is 81.7 cm³/mol. The van der Waals surface area contributed by atoms with Gasteiger partial charge in [-0.1, -0.05) is 0 Å². The van der Waals surface area contributed by atoms with E-state index in [1.54, 1.807) is 18.7 Å². The van der Waals surface area contributed by atoms with Gasteiger partial charge in [0, 0.05) is 43.9 Å². The van der Waals surface area contributed by atoms with Crippen molar-refractivity contribution in [3.63, 3.8) is 0 Å². The van der Waals surface area contributed by atoms with Crippen LogP contribution < -0.4 is 5.56 Å². The Morgan fingerprint density at radius 2 is 1.83 bits per heavy atom. The standard InChI is InChI=1S/C15H21F3N4O2/c1-10-12(14(24)20-11(2)19-10)3-4-13(23)22-7-5-21(6-8-22)9-15(16,17)18/h3-9H2,1-2H3,(H,19,20,24). The zero-order valence-electron chi connectivity index (χ0n) is 13.7. The van der Waals surface area contributed by atoms with Crippen molar-refractivity contribution in [2.75, 3.05) is 32.7 Å². The van der Waals surface area contributed by atoms with Crippen molar-refractivity contribution in [1.29, 1.82) is 0 Å². The number of nitrogens with zero attached hydrogens (tertiary/aromatic N) is 3. The number of rotatable bonds is 4. The van der Waals surface area contributed by atoms with Gasteiger partial charge in [-0.25, -0.2) is 4.98 Å². The molecule has 1 N–H and O–H groups in total. The molecule has 134 valence electrons. The van der Waals surface area contributed by atoms with Crippen LogP contribution in [-0.2, 0) is 11.2 Å². The Balaban J connectivity index is 1.86. The summed E-state index contributed by atoms with van der Waals surface area (Å²) < 4.78 is 37.0. The summed E-state index contributed by atoms with van der Waals surface area (Å²) in [4.78, 5) is 33.7. The van der Waals surface area contributed by atoms with E-state index >= 15 is 0 Å². The molecule has 1 fully saturated rings. The number of aromatic amines is 1. The van der Waals surface area contributed by atoms with E-state index in [-0.39, 0.29) is 50.5 Å². The van der Waals surface area contributed by atoms with Crippen LogP contribution in [0.1, 0.15) is 23.5 Å². The van der Waals surface area contributed by atoms with E-state index in [0.717, 1.165) is 0 Å². The second kappa shape index (κ2) is 7.33. The molecule has 0 aromatic carbocycles. The van der Waals surface area contributed by atoms with Gasteiger partial charge in [0.15, 0.2) is 0 Å². The number of alkyl halides is 3. The third-order valence-corrected chi connectivity index (χ3v) is 4.06. The first-order valence-electron chi connectivity index (χ1n) is 7.79. The molecule has 2 heterocycles. The minimum atomic E-state index is -4.22. The summed E-state index contributed by atoms with van der Waals surface area (Å²) in [6.07, 6.45) is -3.80. The van der Waals surface area contributed by atoms with E-state index in [9.17, 15) is 22.8 Å². The fourth-order valence-electron chi connectivity index (χ4n) is 2.84. The zero-order chi connectivity index (χ0) is 17.9. The van der Waals surface area contributed by atoms with Crippen LogP contribution in [0.4, 0.5) is 13.2 Å². The number of H-pyrrole nitrogens is 1. The summed E-state index contributed by atoms with van der Waals surface area (Å²) in [5.41, 5.74) is 0.825. The molecule has 0 atom stereocenters. The number of aryl methyl sites for hydroxylation is 2. The molecule has 1 aliphatic rings. The molecular weight excluding hydrogens is 325 g/mol. The van der Waals surface area contributed by atoms with Crippen LogP contribution in [0, 0.1) is 13.8 Å². The second-order valence-corrected chi connectivity index (χ2v) is 5.99. The van der Waals surface area contributed by atoms with Crippen LogP contribution in [0.3, 0.4) is 0 Å². The van der Waals surface area contributed by atoms with Gasteiger partial charge in [0.2, 0.25) is 5.91 Å². The lowest BCUT2D eigenvalue weighted by atomic mass is 10.1. The molecule has 9 heteroatoms. The van der Waals surface area contributed by atoms with Crippen molar-refractivity contribution in [3.8, 4) is 0 Å². The van der Waals surface area contributed by atoms with Gasteiger partial charge in [0.1, 0.15) is 5.82 Å². The highest BCUT2D eigenvalue weighted by molar-refractivity contribution is 5.76. The quantitative estimate of drug-likeness (QED) is 0.884. The number of hydrogen-bond acceptors (Lipinski definition) is 4. The number of halogens is 3. The molecule has 2 rings (SSSR count). The van der Waals surface area contributed by atoms with Crippen LogP contribution in [0.2, 0.25) is 0 Å². The predicted octanol–water partition coefficient (Wildman–Crippen LogP) is 1.03. The van der Waals surface area contributed by atoms with Crippen molar-refractivity contribution in [1.82, 2.24) is 19.8 Å². The van der Waals surface area contributed by atoms with Gasteiger partial charge in [-0.3, -0.25) is 14.5 Å². The molecule has 1 aliphatic heterocycles. The smallest absolute Gasteiger partial charge is 0.340 e. The van der Waals surface area contributed by atoms with E-state index in [0.29, 0.717) is 17.1 Å². The Bertz CT molecular complexity index is 649. The molecular formula is C15H21F3N4O2. The van der Waals surface area contributed by atoms with Gasteiger partial charge in [-0.2, -0.15) is 13.2 Å². The van der Waals surface area contributed by atoms with Crippen LogP contribution >= 0.6 is 0 Å². The lowest BCUT2D eigenvalue weighted by Gasteiger charge is -2.35. The van der Waals surface area contributed by atoms with Gasteiger partial charge < -0.3 is 9.88 Å². The Labute approximate surface area is 137 Å². The number of carbonyl (C=O) groups excluding carboxylic acids is 1. The maximum atomic E-state index is 12.3. The summed E-state index contributed by atoms with van der Waals surface area (Å²) in [5, 5.41) is 0. The molecule has 0 bridgehead atoms. The average Bonchev–Trinajstić information content (AvgIpc) is 2.45.